The Morgan fingerprint density at radius 2 is 0.679 bits per heavy atom. The number of rotatable bonds is 7. The molecule has 0 saturated heterocycles. The first-order chi connectivity index (χ1) is 25.8. The second kappa shape index (κ2) is 16.2. The molecule has 0 heterocycles. The van der Waals surface area contributed by atoms with E-state index >= 15 is 0 Å². The molecule has 6 saturated carbocycles. The molecule has 6 fully saturated rings. The van der Waals surface area contributed by atoms with E-state index in [4.69, 9.17) is 0 Å². The lowest BCUT2D eigenvalue weighted by Crippen LogP contribution is -2.43. The van der Waals surface area contributed by atoms with E-state index in [0.29, 0.717) is 10.8 Å². The second-order valence-electron chi connectivity index (χ2n) is 17.2. The number of hydrogen-bond acceptors (Lipinski definition) is 0. The Bertz CT molecular complexity index is 1880. The summed E-state index contributed by atoms with van der Waals surface area (Å²) in [6.45, 7) is 8.89. The SMILES string of the molecule is CCCc1ccc(C23CCC(C#Cc4ccc(CC)cc4)(CC2)CC3)cc1.CCc1ccc(C#CC23CCC(c4ccc(CC)cc4)(CC2)CC3)cc1. The Kier molecular flexibility index (Phi) is 11.4. The highest BCUT2D eigenvalue weighted by molar-refractivity contribution is 5.41. The van der Waals surface area contributed by atoms with Crippen LogP contribution in [0.1, 0.15) is 156 Å². The van der Waals surface area contributed by atoms with Gasteiger partial charge in [0.2, 0.25) is 0 Å². The predicted octanol–water partition coefficient (Wildman–Crippen LogP) is 13.3. The van der Waals surface area contributed by atoms with Crippen molar-refractivity contribution < 1.29 is 0 Å². The van der Waals surface area contributed by atoms with Crippen LogP contribution in [0.2, 0.25) is 0 Å². The van der Waals surface area contributed by atoms with Gasteiger partial charge in [0.05, 0.1) is 0 Å². The lowest BCUT2D eigenvalue weighted by molar-refractivity contribution is 0.0865. The molecule has 0 spiro atoms. The summed E-state index contributed by atoms with van der Waals surface area (Å²) in [5.41, 5.74) is 12.6. The third-order valence-electron chi connectivity index (χ3n) is 14.2. The molecule has 6 aliphatic carbocycles. The Labute approximate surface area is 322 Å². The lowest BCUT2D eigenvalue weighted by atomic mass is 9.52. The second-order valence-corrected chi connectivity index (χ2v) is 17.2. The molecular weight excluding hydrogens is 637 g/mol. The van der Waals surface area contributed by atoms with Gasteiger partial charge in [0.25, 0.3) is 0 Å². The molecule has 4 aromatic rings. The zero-order valence-electron chi connectivity index (χ0n) is 33.3. The lowest BCUT2D eigenvalue weighted by Gasteiger charge is -2.51. The maximum absolute atomic E-state index is 3.72. The normalized spacial score (nSPS) is 26.7. The number of benzene rings is 4. The zero-order valence-corrected chi connectivity index (χ0v) is 33.3. The van der Waals surface area contributed by atoms with E-state index in [1.165, 1.54) is 123 Å². The van der Waals surface area contributed by atoms with Crippen LogP contribution in [0.4, 0.5) is 0 Å². The molecule has 0 amide bonds. The molecule has 4 bridgehead atoms. The van der Waals surface area contributed by atoms with Gasteiger partial charge in [0.1, 0.15) is 0 Å². The quantitative estimate of drug-likeness (QED) is 0.169. The van der Waals surface area contributed by atoms with E-state index in [2.05, 4.69) is 148 Å². The molecule has 53 heavy (non-hydrogen) atoms. The summed E-state index contributed by atoms with van der Waals surface area (Å²) < 4.78 is 0. The molecule has 0 heteroatoms. The van der Waals surface area contributed by atoms with Crippen molar-refractivity contribution in [1.29, 1.82) is 0 Å². The summed E-state index contributed by atoms with van der Waals surface area (Å²) in [4.78, 5) is 0. The van der Waals surface area contributed by atoms with Crippen LogP contribution in [-0.4, -0.2) is 0 Å². The molecule has 6 aliphatic rings. The fraction of sp³-hybridized carbons (Fsp3) is 0.472. The highest BCUT2D eigenvalue weighted by Crippen LogP contribution is 2.58. The van der Waals surface area contributed by atoms with Crippen LogP contribution in [0.5, 0.6) is 0 Å². The topological polar surface area (TPSA) is 0 Å². The third kappa shape index (κ3) is 8.24. The van der Waals surface area contributed by atoms with Gasteiger partial charge in [-0.05, 0) is 171 Å². The van der Waals surface area contributed by atoms with Gasteiger partial charge in [0, 0.05) is 22.0 Å². The highest BCUT2D eigenvalue weighted by atomic mass is 14.5. The zero-order chi connectivity index (χ0) is 36.8. The van der Waals surface area contributed by atoms with Gasteiger partial charge >= 0.3 is 0 Å². The molecule has 0 aromatic heterocycles. The number of aryl methyl sites for hydroxylation is 4. The summed E-state index contributed by atoms with van der Waals surface area (Å²) in [5, 5.41) is 0. The van der Waals surface area contributed by atoms with Gasteiger partial charge in [-0.2, -0.15) is 0 Å². The Hall–Kier alpha value is -4.00. The van der Waals surface area contributed by atoms with Crippen molar-refractivity contribution in [1.82, 2.24) is 0 Å². The standard InChI is InChI=1S/C27H32.C26H30/c1-3-5-23-10-12-25(13-11-23)27-19-16-26(17-20-27,18-21-27)15-14-24-8-6-22(4-2)7-9-24;1-3-21-5-7-23(8-6-21)13-14-25-15-18-26(19-16-25,20-17-25)24-11-9-22(4-2)10-12-24/h6-13H,3-5,16-21H2,1-2H3;5-12H,3-4,15-20H2,1-2H3. The molecule has 0 unspecified atom stereocenters. The minimum atomic E-state index is 0.271. The molecule has 274 valence electrons. The molecule has 0 nitrogen and oxygen atoms in total. The van der Waals surface area contributed by atoms with Crippen LogP contribution < -0.4 is 0 Å². The predicted molar refractivity (Wildman–Crippen MR) is 225 cm³/mol. The van der Waals surface area contributed by atoms with Gasteiger partial charge in [-0.15, -0.1) is 0 Å². The van der Waals surface area contributed by atoms with Crippen molar-refractivity contribution in [2.24, 2.45) is 10.8 Å². The van der Waals surface area contributed by atoms with Crippen LogP contribution in [0.25, 0.3) is 0 Å². The van der Waals surface area contributed by atoms with Crippen LogP contribution in [-0.2, 0) is 36.5 Å². The molecule has 0 radical (unpaired) electrons. The van der Waals surface area contributed by atoms with E-state index in [1.54, 1.807) is 11.1 Å². The maximum atomic E-state index is 3.72. The van der Waals surface area contributed by atoms with E-state index in [0.717, 1.165) is 19.3 Å². The van der Waals surface area contributed by atoms with Crippen LogP contribution >= 0.6 is 0 Å². The Balaban J connectivity index is 0.000000164. The minimum Gasteiger partial charge on any atom is -0.0911 e. The fourth-order valence-electron chi connectivity index (χ4n) is 10.1. The molecular formula is C53H62. The molecule has 4 aromatic carbocycles. The smallest absolute Gasteiger partial charge is 0.0319 e. The number of hydrogen-bond donors (Lipinski definition) is 0. The largest absolute Gasteiger partial charge is 0.0911 e. The fourth-order valence-corrected chi connectivity index (χ4v) is 10.1. The molecule has 0 N–H and O–H groups in total. The van der Waals surface area contributed by atoms with Crippen LogP contribution in [0, 0.1) is 34.5 Å². The summed E-state index contributed by atoms with van der Waals surface area (Å²) in [6.07, 6.45) is 21.2. The first kappa shape index (κ1) is 37.3. The van der Waals surface area contributed by atoms with Crippen molar-refractivity contribution in [2.75, 3.05) is 0 Å². The van der Waals surface area contributed by atoms with Gasteiger partial charge in [-0.25, -0.2) is 0 Å². The van der Waals surface area contributed by atoms with Crippen molar-refractivity contribution in [3.63, 3.8) is 0 Å². The highest BCUT2D eigenvalue weighted by Gasteiger charge is 2.49. The van der Waals surface area contributed by atoms with Gasteiger partial charge in [-0.3, -0.25) is 0 Å². The van der Waals surface area contributed by atoms with E-state index in [-0.39, 0.29) is 10.8 Å². The summed E-state index contributed by atoms with van der Waals surface area (Å²) in [7, 11) is 0. The van der Waals surface area contributed by atoms with Crippen molar-refractivity contribution in [3.05, 3.63) is 142 Å². The summed E-state index contributed by atoms with van der Waals surface area (Å²) >= 11 is 0. The third-order valence-corrected chi connectivity index (χ3v) is 14.2. The van der Waals surface area contributed by atoms with Crippen molar-refractivity contribution >= 4 is 0 Å². The van der Waals surface area contributed by atoms with E-state index < -0.39 is 0 Å². The minimum absolute atomic E-state index is 0.271. The van der Waals surface area contributed by atoms with E-state index in [9.17, 15) is 0 Å². The maximum Gasteiger partial charge on any atom is 0.0319 e. The summed E-state index contributed by atoms with van der Waals surface area (Å²) in [5.74, 6) is 14.4. The van der Waals surface area contributed by atoms with Crippen molar-refractivity contribution in [2.45, 2.75) is 148 Å². The van der Waals surface area contributed by atoms with Gasteiger partial charge < -0.3 is 0 Å². The number of fused-ring (bicyclic) bond motifs is 6. The van der Waals surface area contributed by atoms with Crippen LogP contribution in [0.3, 0.4) is 0 Å². The van der Waals surface area contributed by atoms with Gasteiger partial charge in [-0.1, -0.05) is 131 Å². The first-order valence-corrected chi connectivity index (χ1v) is 21.3. The summed E-state index contributed by atoms with van der Waals surface area (Å²) in [6, 6.07) is 36.7. The van der Waals surface area contributed by atoms with Crippen LogP contribution in [0.15, 0.2) is 97.1 Å². The average Bonchev–Trinajstić information content (AvgIpc) is 3.24. The van der Waals surface area contributed by atoms with E-state index in [1.807, 2.05) is 0 Å². The Morgan fingerprint density at radius 1 is 0.377 bits per heavy atom. The molecule has 10 rings (SSSR count). The average molecular weight is 699 g/mol. The Morgan fingerprint density at radius 3 is 0.981 bits per heavy atom. The first-order valence-electron chi connectivity index (χ1n) is 21.3. The van der Waals surface area contributed by atoms with Gasteiger partial charge in [0.15, 0.2) is 0 Å². The van der Waals surface area contributed by atoms with Crippen molar-refractivity contribution in [3.8, 4) is 23.7 Å². The molecule has 0 atom stereocenters. The molecule has 0 aliphatic heterocycles. The monoisotopic (exact) mass is 698 g/mol.